The maximum atomic E-state index is 12.8. The highest BCUT2D eigenvalue weighted by Crippen LogP contribution is 2.36. The molecule has 1 amide bonds. The van der Waals surface area contributed by atoms with Gasteiger partial charge in [-0.05, 0) is 71.0 Å². The first-order valence-corrected chi connectivity index (χ1v) is 13.2. The van der Waals surface area contributed by atoms with Crippen LogP contribution in [0.15, 0.2) is 54.6 Å². The standard InChI is InChI=1S/C28H33N3O5S/c1-6-34-25(32)24-23(20-12-14-22(15-13-20)35-21-10-8-7-9-11-21)29-26(37-24)31-17-16-30(18-19(31)2)27(33)36-28(3,4)5/h7-15,19H,6,16-18H2,1-5H3/t19-/m0/s1. The van der Waals surface area contributed by atoms with Crippen molar-refractivity contribution in [1.29, 1.82) is 0 Å². The third kappa shape index (κ3) is 6.60. The van der Waals surface area contributed by atoms with Crippen LogP contribution in [0, 0.1) is 0 Å². The lowest BCUT2D eigenvalue weighted by atomic mass is 10.1. The number of carbonyl (C=O) groups is 2. The molecule has 2 aromatic carbocycles. The van der Waals surface area contributed by atoms with Crippen LogP contribution in [0.2, 0.25) is 0 Å². The van der Waals surface area contributed by atoms with Gasteiger partial charge in [0.25, 0.3) is 0 Å². The van der Waals surface area contributed by atoms with Crippen molar-refractivity contribution >= 4 is 28.5 Å². The highest BCUT2D eigenvalue weighted by atomic mass is 32.1. The molecule has 37 heavy (non-hydrogen) atoms. The zero-order valence-electron chi connectivity index (χ0n) is 21.9. The van der Waals surface area contributed by atoms with Gasteiger partial charge in [-0.15, -0.1) is 0 Å². The summed E-state index contributed by atoms with van der Waals surface area (Å²) in [5, 5.41) is 0.721. The molecule has 0 N–H and O–H groups in total. The second-order valence-electron chi connectivity index (χ2n) is 9.80. The van der Waals surface area contributed by atoms with Gasteiger partial charge in [0.1, 0.15) is 22.0 Å². The Kier molecular flexibility index (Phi) is 8.02. The molecule has 1 atom stereocenters. The van der Waals surface area contributed by atoms with Crippen LogP contribution >= 0.6 is 11.3 Å². The molecule has 0 unspecified atom stereocenters. The summed E-state index contributed by atoms with van der Waals surface area (Å²) >= 11 is 1.31. The molecule has 1 aromatic heterocycles. The summed E-state index contributed by atoms with van der Waals surface area (Å²) in [5.74, 6) is 1.04. The van der Waals surface area contributed by atoms with Crippen molar-refractivity contribution in [1.82, 2.24) is 9.88 Å². The first kappa shape index (κ1) is 26.5. The normalized spacial score (nSPS) is 15.9. The first-order chi connectivity index (χ1) is 17.6. The largest absolute Gasteiger partial charge is 0.462 e. The molecule has 0 bridgehead atoms. The highest BCUT2D eigenvalue weighted by molar-refractivity contribution is 7.18. The molecule has 4 rings (SSSR count). The van der Waals surface area contributed by atoms with Gasteiger partial charge < -0.3 is 24.0 Å². The minimum absolute atomic E-state index is 0.00281. The fraction of sp³-hybridized carbons (Fsp3) is 0.393. The van der Waals surface area contributed by atoms with Crippen LogP contribution in [-0.4, -0.2) is 59.8 Å². The van der Waals surface area contributed by atoms with Crippen molar-refractivity contribution in [2.24, 2.45) is 0 Å². The number of para-hydroxylation sites is 1. The van der Waals surface area contributed by atoms with E-state index in [9.17, 15) is 9.59 Å². The highest BCUT2D eigenvalue weighted by Gasteiger charge is 2.32. The average molecular weight is 524 g/mol. The van der Waals surface area contributed by atoms with Gasteiger partial charge in [0.15, 0.2) is 5.13 Å². The predicted molar refractivity (Wildman–Crippen MR) is 145 cm³/mol. The van der Waals surface area contributed by atoms with E-state index in [4.69, 9.17) is 19.2 Å². The molecule has 2 heterocycles. The van der Waals surface area contributed by atoms with E-state index in [2.05, 4.69) is 4.90 Å². The van der Waals surface area contributed by atoms with Crippen molar-refractivity contribution < 1.29 is 23.8 Å². The van der Waals surface area contributed by atoms with Crippen LogP contribution in [0.25, 0.3) is 11.3 Å². The smallest absolute Gasteiger partial charge is 0.410 e. The number of amides is 1. The predicted octanol–water partition coefficient (Wildman–Crippen LogP) is 6.22. The van der Waals surface area contributed by atoms with E-state index in [0.717, 1.165) is 16.4 Å². The Morgan fingerprint density at radius 2 is 1.70 bits per heavy atom. The van der Waals surface area contributed by atoms with E-state index < -0.39 is 11.6 Å². The molecule has 0 spiro atoms. The fourth-order valence-electron chi connectivity index (χ4n) is 4.00. The molecule has 196 valence electrons. The number of hydrogen-bond acceptors (Lipinski definition) is 8. The lowest BCUT2D eigenvalue weighted by Crippen LogP contribution is -2.54. The third-order valence-corrected chi connectivity index (χ3v) is 6.78. The Bertz CT molecular complexity index is 1220. The van der Waals surface area contributed by atoms with Gasteiger partial charge in [0.05, 0.1) is 12.3 Å². The van der Waals surface area contributed by atoms with E-state index >= 15 is 0 Å². The van der Waals surface area contributed by atoms with Crippen molar-refractivity contribution in [3.05, 3.63) is 59.5 Å². The summed E-state index contributed by atoms with van der Waals surface area (Å²) in [6.45, 7) is 11.3. The summed E-state index contributed by atoms with van der Waals surface area (Å²) in [6.07, 6.45) is -0.316. The lowest BCUT2D eigenvalue weighted by Gasteiger charge is -2.40. The van der Waals surface area contributed by atoms with E-state index in [1.807, 2.05) is 82.3 Å². The average Bonchev–Trinajstić information content (AvgIpc) is 3.29. The van der Waals surface area contributed by atoms with Gasteiger partial charge >= 0.3 is 12.1 Å². The van der Waals surface area contributed by atoms with Crippen molar-refractivity contribution in [2.75, 3.05) is 31.1 Å². The van der Waals surface area contributed by atoms with Crippen molar-refractivity contribution in [2.45, 2.75) is 46.3 Å². The van der Waals surface area contributed by atoms with Gasteiger partial charge in [0.2, 0.25) is 0 Å². The SMILES string of the molecule is CCOC(=O)c1sc(N2CCN(C(=O)OC(C)(C)C)C[C@@H]2C)nc1-c1ccc(Oc2ccccc2)cc1. The molecule has 0 aliphatic carbocycles. The number of esters is 1. The lowest BCUT2D eigenvalue weighted by molar-refractivity contribution is 0.0218. The fourth-order valence-corrected chi connectivity index (χ4v) is 5.11. The van der Waals surface area contributed by atoms with E-state index in [1.54, 1.807) is 11.8 Å². The number of ether oxygens (including phenoxy) is 3. The Morgan fingerprint density at radius 1 is 1.03 bits per heavy atom. The number of carbonyl (C=O) groups excluding carboxylic acids is 2. The van der Waals surface area contributed by atoms with Gasteiger partial charge in [-0.1, -0.05) is 29.5 Å². The third-order valence-electron chi connectivity index (χ3n) is 5.71. The van der Waals surface area contributed by atoms with Crippen LogP contribution in [-0.2, 0) is 9.47 Å². The van der Waals surface area contributed by atoms with Gasteiger partial charge in [-0.25, -0.2) is 14.6 Å². The minimum Gasteiger partial charge on any atom is -0.462 e. The summed E-state index contributed by atoms with van der Waals surface area (Å²) in [4.78, 5) is 34.6. The second kappa shape index (κ2) is 11.2. The van der Waals surface area contributed by atoms with Crippen LogP contribution in [0.1, 0.15) is 44.3 Å². The monoisotopic (exact) mass is 523 g/mol. The molecular weight excluding hydrogens is 490 g/mol. The van der Waals surface area contributed by atoms with Crippen LogP contribution in [0.4, 0.5) is 9.93 Å². The van der Waals surface area contributed by atoms with Crippen LogP contribution < -0.4 is 9.64 Å². The molecule has 1 fully saturated rings. The summed E-state index contributed by atoms with van der Waals surface area (Å²) in [7, 11) is 0. The number of anilines is 1. The molecule has 8 nitrogen and oxygen atoms in total. The zero-order valence-corrected chi connectivity index (χ0v) is 22.7. The van der Waals surface area contributed by atoms with E-state index in [1.165, 1.54) is 11.3 Å². The number of rotatable bonds is 6. The first-order valence-electron chi connectivity index (χ1n) is 12.4. The maximum absolute atomic E-state index is 12.8. The van der Waals surface area contributed by atoms with E-state index in [-0.39, 0.29) is 18.7 Å². The number of hydrogen-bond donors (Lipinski definition) is 0. The molecule has 1 saturated heterocycles. The molecule has 1 aliphatic rings. The molecule has 9 heteroatoms. The van der Waals surface area contributed by atoms with Gasteiger partial charge in [-0.2, -0.15) is 0 Å². The summed E-state index contributed by atoms with van der Waals surface area (Å²) in [6, 6.07) is 17.1. The minimum atomic E-state index is -0.544. The summed E-state index contributed by atoms with van der Waals surface area (Å²) < 4.78 is 16.8. The Hall–Kier alpha value is -3.59. The van der Waals surface area contributed by atoms with E-state index in [0.29, 0.717) is 36.0 Å². The number of aromatic nitrogens is 1. The molecular formula is C28H33N3O5S. The number of benzene rings is 2. The zero-order chi connectivity index (χ0) is 26.6. The maximum Gasteiger partial charge on any atom is 0.410 e. The van der Waals surface area contributed by atoms with Crippen molar-refractivity contribution in [3.8, 4) is 22.8 Å². The number of piperazine rings is 1. The topological polar surface area (TPSA) is 81.2 Å². The molecule has 0 saturated carbocycles. The van der Waals surface area contributed by atoms with Crippen molar-refractivity contribution in [3.63, 3.8) is 0 Å². The number of thiazole rings is 1. The Morgan fingerprint density at radius 3 is 2.32 bits per heavy atom. The van der Waals surface area contributed by atoms with Crippen LogP contribution in [0.5, 0.6) is 11.5 Å². The Labute approximate surface area is 221 Å². The molecule has 0 radical (unpaired) electrons. The summed E-state index contributed by atoms with van der Waals surface area (Å²) in [5.41, 5.74) is 0.829. The van der Waals surface area contributed by atoms with Gasteiger partial charge in [-0.3, -0.25) is 0 Å². The van der Waals surface area contributed by atoms with Gasteiger partial charge in [0, 0.05) is 31.2 Å². The Balaban J connectivity index is 1.55. The second-order valence-corrected chi connectivity index (χ2v) is 10.8. The molecule has 1 aliphatic heterocycles. The molecule has 3 aromatic rings. The van der Waals surface area contributed by atoms with Crippen LogP contribution in [0.3, 0.4) is 0 Å². The quantitative estimate of drug-likeness (QED) is 0.355. The number of nitrogens with zero attached hydrogens (tertiary/aromatic N) is 3.